The van der Waals surface area contributed by atoms with Crippen LogP contribution in [-0.2, 0) is 21.7 Å². The van der Waals surface area contributed by atoms with Crippen molar-refractivity contribution in [2.75, 3.05) is 0 Å². The van der Waals surface area contributed by atoms with E-state index in [0.29, 0.717) is 17.5 Å². The van der Waals surface area contributed by atoms with Crippen LogP contribution >= 0.6 is 0 Å². The summed E-state index contributed by atoms with van der Waals surface area (Å²) in [7, 11) is 0. The molecule has 0 radical (unpaired) electrons. The standard InChI is InChI=1S/C72H66N4/c1-69(2,3)53-41-58-59-42-54(70(4,5)6)44-62-65(59)76(64(58)61(43-53)71(7,8)9)63-56(48-34-32-46(33-35-48)45-24-16-12-17-25-45)38-52(39-57(63)51-36-37-55(47-26-18-13-19-27-47)60(40-51)72(62,10)11)68-74-66(49-28-20-14-21-29-49)73-67(75-68)50-30-22-15-23-31-50/h12-44H,1-11H3. The number of benzene rings is 9. The van der Waals surface area contributed by atoms with Gasteiger partial charge in [-0.3, -0.25) is 0 Å². The van der Waals surface area contributed by atoms with E-state index in [1.165, 1.54) is 71.9 Å². The Labute approximate surface area is 449 Å². The Morgan fingerprint density at radius 1 is 0.329 bits per heavy atom. The molecule has 0 spiro atoms. The van der Waals surface area contributed by atoms with Gasteiger partial charge < -0.3 is 4.57 Å². The highest BCUT2D eigenvalue weighted by Gasteiger charge is 2.37. The van der Waals surface area contributed by atoms with Gasteiger partial charge in [-0.05, 0) is 108 Å². The topological polar surface area (TPSA) is 43.6 Å². The van der Waals surface area contributed by atoms with Crippen LogP contribution in [0.4, 0.5) is 0 Å². The molecule has 0 unspecified atom stereocenters. The lowest BCUT2D eigenvalue weighted by atomic mass is 9.72. The predicted molar refractivity (Wildman–Crippen MR) is 320 cm³/mol. The minimum atomic E-state index is -0.479. The molecule has 4 nitrogen and oxygen atoms in total. The quantitative estimate of drug-likeness (QED) is 0.167. The molecular weight excluding hydrogens is 921 g/mol. The Bertz CT molecular complexity index is 3960. The van der Waals surface area contributed by atoms with Crippen LogP contribution in [0.2, 0.25) is 0 Å². The summed E-state index contributed by atoms with van der Waals surface area (Å²) in [5, 5.41) is 2.55. The lowest BCUT2D eigenvalue weighted by Gasteiger charge is -2.32. The highest BCUT2D eigenvalue weighted by Crippen LogP contribution is 2.53. The molecule has 9 aromatic carbocycles. The van der Waals surface area contributed by atoms with E-state index in [1.54, 1.807) is 0 Å². The van der Waals surface area contributed by atoms with Crippen LogP contribution in [0.1, 0.15) is 104 Å². The largest absolute Gasteiger partial charge is 0.307 e. The molecule has 0 saturated carbocycles. The third kappa shape index (κ3) is 8.45. The molecule has 4 heteroatoms. The first-order valence-electron chi connectivity index (χ1n) is 26.9. The van der Waals surface area contributed by atoms with E-state index in [9.17, 15) is 0 Å². The average molecular weight is 987 g/mol. The Morgan fingerprint density at radius 3 is 1.25 bits per heavy atom. The maximum atomic E-state index is 5.40. The van der Waals surface area contributed by atoms with Crippen LogP contribution in [0, 0.1) is 0 Å². The van der Waals surface area contributed by atoms with Crippen molar-refractivity contribution < 1.29 is 0 Å². The van der Waals surface area contributed by atoms with E-state index in [1.807, 2.05) is 36.4 Å². The molecule has 2 bridgehead atoms. The normalized spacial score (nSPS) is 13.3. The summed E-state index contributed by atoms with van der Waals surface area (Å²) >= 11 is 0. The number of fused-ring (bicyclic) bond motifs is 8. The Balaban J connectivity index is 1.31. The molecule has 1 aliphatic rings. The molecule has 0 N–H and O–H groups in total. The molecule has 0 amide bonds. The Hall–Kier alpha value is -8.21. The van der Waals surface area contributed by atoms with Crippen molar-refractivity contribution in [2.24, 2.45) is 0 Å². The molecule has 11 aromatic rings. The van der Waals surface area contributed by atoms with Gasteiger partial charge >= 0.3 is 0 Å². The van der Waals surface area contributed by atoms with Crippen molar-refractivity contribution in [3.8, 4) is 84.4 Å². The van der Waals surface area contributed by atoms with E-state index in [0.717, 1.165) is 44.6 Å². The number of aromatic nitrogens is 4. The fraction of sp³-hybridized carbons (Fsp3) is 0.208. The van der Waals surface area contributed by atoms with Crippen LogP contribution in [0.5, 0.6) is 0 Å². The van der Waals surface area contributed by atoms with Gasteiger partial charge in [-0.15, -0.1) is 0 Å². The molecule has 374 valence electrons. The van der Waals surface area contributed by atoms with E-state index in [2.05, 4.69) is 245 Å². The highest BCUT2D eigenvalue weighted by molar-refractivity contribution is 6.14. The highest BCUT2D eigenvalue weighted by atomic mass is 15.0. The second-order valence-corrected chi connectivity index (χ2v) is 24.6. The summed E-state index contributed by atoms with van der Waals surface area (Å²) in [6.45, 7) is 26.2. The van der Waals surface area contributed by atoms with Gasteiger partial charge in [0.15, 0.2) is 17.5 Å². The van der Waals surface area contributed by atoms with Crippen LogP contribution < -0.4 is 0 Å². The molecule has 3 heterocycles. The number of hydrogen-bond acceptors (Lipinski definition) is 3. The van der Waals surface area contributed by atoms with Crippen molar-refractivity contribution in [1.29, 1.82) is 0 Å². The fourth-order valence-corrected chi connectivity index (χ4v) is 11.5. The first-order chi connectivity index (χ1) is 36.3. The second kappa shape index (κ2) is 18.0. The number of nitrogens with zero attached hydrogens (tertiary/aromatic N) is 4. The molecular formula is C72H66N4. The van der Waals surface area contributed by atoms with Gasteiger partial charge in [0, 0.05) is 44.0 Å². The molecule has 0 saturated heterocycles. The van der Waals surface area contributed by atoms with Gasteiger partial charge in [-0.25, -0.2) is 15.0 Å². The van der Waals surface area contributed by atoms with Gasteiger partial charge in [-0.1, -0.05) is 246 Å². The fourth-order valence-electron chi connectivity index (χ4n) is 11.5. The third-order valence-electron chi connectivity index (χ3n) is 15.9. The molecule has 0 aliphatic carbocycles. The minimum absolute atomic E-state index is 0.0972. The van der Waals surface area contributed by atoms with E-state index in [-0.39, 0.29) is 16.2 Å². The summed E-state index contributed by atoms with van der Waals surface area (Å²) in [5.74, 6) is 1.87. The van der Waals surface area contributed by atoms with E-state index >= 15 is 0 Å². The van der Waals surface area contributed by atoms with E-state index in [4.69, 9.17) is 15.0 Å². The molecule has 2 aromatic heterocycles. The van der Waals surface area contributed by atoms with Gasteiger partial charge in [0.2, 0.25) is 0 Å². The summed E-state index contributed by atoms with van der Waals surface area (Å²) in [6.07, 6.45) is 0. The Morgan fingerprint density at radius 2 is 0.737 bits per heavy atom. The monoisotopic (exact) mass is 987 g/mol. The average Bonchev–Trinajstić information content (AvgIpc) is 3.80. The molecule has 0 fully saturated rings. The van der Waals surface area contributed by atoms with Crippen LogP contribution in [0.3, 0.4) is 0 Å². The Kier molecular flexibility index (Phi) is 11.5. The SMILES string of the molecule is CC(C)(C)c1cc(C(C)(C)C)c2c(c1)c1cc(C(C)(C)C)cc3c1n2-c1c(-c2ccc(-c4ccccc4)cc2)cc(-c2nc(-c4ccccc4)nc(-c4ccccc4)n2)cc1-c1ccc(-c2ccccc2)c(c1)C3(C)C. The molecule has 76 heavy (non-hydrogen) atoms. The summed E-state index contributed by atoms with van der Waals surface area (Å²) < 4.78 is 2.71. The first kappa shape index (κ1) is 48.7. The minimum Gasteiger partial charge on any atom is -0.307 e. The maximum Gasteiger partial charge on any atom is 0.164 e. The zero-order chi connectivity index (χ0) is 52.9. The molecule has 12 rings (SSSR count). The summed E-state index contributed by atoms with van der Waals surface area (Å²) in [5.41, 5.74) is 21.2. The number of hydrogen-bond donors (Lipinski definition) is 0. The van der Waals surface area contributed by atoms with Gasteiger partial charge in [0.25, 0.3) is 0 Å². The van der Waals surface area contributed by atoms with Crippen LogP contribution in [0.15, 0.2) is 200 Å². The smallest absolute Gasteiger partial charge is 0.164 e. The maximum absolute atomic E-state index is 5.40. The van der Waals surface area contributed by atoms with Crippen molar-refractivity contribution in [2.45, 2.75) is 97.8 Å². The van der Waals surface area contributed by atoms with Crippen molar-refractivity contribution in [1.82, 2.24) is 19.5 Å². The van der Waals surface area contributed by atoms with Crippen LogP contribution in [0.25, 0.3) is 106 Å². The number of rotatable bonds is 6. The van der Waals surface area contributed by atoms with Crippen molar-refractivity contribution in [3.63, 3.8) is 0 Å². The van der Waals surface area contributed by atoms with Gasteiger partial charge in [0.1, 0.15) is 0 Å². The molecule has 0 atom stereocenters. The lowest BCUT2D eigenvalue weighted by molar-refractivity contribution is 0.572. The lowest BCUT2D eigenvalue weighted by Crippen LogP contribution is -2.23. The molecule has 1 aliphatic heterocycles. The zero-order valence-corrected chi connectivity index (χ0v) is 45.8. The van der Waals surface area contributed by atoms with Crippen molar-refractivity contribution in [3.05, 3.63) is 228 Å². The summed E-state index contributed by atoms with van der Waals surface area (Å²) in [4.78, 5) is 16.0. The van der Waals surface area contributed by atoms with Gasteiger partial charge in [0.05, 0.1) is 16.7 Å². The first-order valence-corrected chi connectivity index (χ1v) is 26.9. The van der Waals surface area contributed by atoms with Gasteiger partial charge in [-0.2, -0.15) is 0 Å². The second-order valence-electron chi connectivity index (χ2n) is 24.6. The van der Waals surface area contributed by atoms with E-state index < -0.39 is 5.41 Å². The zero-order valence-electron chi connectivity index (χ0n) is 45.8. The third-order valence-corrected chi connectivity index (χ3v) is 15.9. The summed E-state index contributed by atoms with van der Waals surface area (Å²) in [6, 6.07) is 73.5. The van der Waals surface area contributed by atoms with Crippen LogP contribution in [-0.4, -0.2) is 19.5 Å². The predicted octanol–water partition coefficient (Wildman–Crippen LogP) is 19.2. The van der Waals surface area contributed by atoms with Crippen molar-refractivity contribution >= 4 is 21.8 Å².